The summed E-state index contributed by atoms with van der Waals surface area (Å²) < 4.78 is 13.3. The molecule has 0 aliphatic carbocycles. The van der Waals surface area contributed by atoms with E-state index >= 15 is 0 Å². The lowest BCUT2D eigenvalue weighted by molar-refractivity contribution is -0.121. The number of H-pyrrole nitrogens is 1. The Kier molecular flexibility index (Phi) is 5.38. The molecule has 3 aromatic carbocycles. The highest BCUT2D eigenvalue weighted by Gasteiger charge is 2.42. The van der Waals surface area contributed by atoms with Crippen LogP contribution in [0.2, 0.25) is 0 Å². The van der Waals surface area contributed by atoms with E-state index in [0.29, 0.717) is 6.42 Å². The zero-order valence-corrected chi connectivity index (χ0v) is 18.1. The molecule has 33 heavy (non-hydrogen) atoms. The molecule has 2 heterocycles. The summed E-state index contributed by atoms with van der Waals surface area (Å²) in [6.07, 6.45) is 0.589. The van der Waals surface area contributed by atoms with Crippen LogP contribution in [-0.2, 0) is 9.59 Å². The number of anilines is 1. The van der Waals surface area contributed by atoms with Crippen LogP contribution < -0.4 is 10.2 Å². The number of aromatic amines is 1. The number of hydrogen-bond acceptors (Lipinski definition) is 3. The minimum Gasteiger partial charge on any atom is -0.350 e. The van der Waals surface area contributed by atoms with Crippen molar-refractivity contribution in [1.29, 1.82) is 0 Å². The molecule has 5 rings (SSSR count). The highest BCUT2D eigenvalue weighted by molar-refractivity contribution is 6.01. The Morgan fingerprint density at radius 3 is 2.61 bits per heavy atom. The molecule has 7 heteroatoms. The Hall–Kier alpha value is -4.00. The topological polar surface area (TPSA) is 78.1 Å². The highest BCUT2D eigenvalue weighted by Crippen LogP contribution is 2.39. The summed E-state index contributed by atoms with van der Waals surface area (Å²) in [6.45, 7) is 1.80. The number of nitrogens with zero attached hydrogens (tertiary/aromatic N) is 2. The van der Waals surface area contributed by atoms with Crippen molar-refractivity contribution in [3.63, 3.8) is 0 Å². The molecular weight excluding hydrogens is 419 g/mol. The number of nitrogens with one attached hydrogen (secondary N) is 2. The Balaban J connectivity index is 1.54. The van der Waals surface area contributed by atoms with Crippen LogP contribution >= 0.6 is 0 Å². The number of halogens is 1. The number of fused-ring (bicyclic) bond motifs is 1. The molecule has 6 nitrogen and oxygen atoms in total. The molecule has 2 atom stereocenters. The predicted molar refractivity (Wildman–Crippen MR) is 125 cm³/mol. The van der Waals surface area contributed by atoms with Crippen molar-refractivity contribution in [3.05, 3.63) is 84.2 Å². The summed E-state index contributed by atoms with van der Waals surface area (Å²) in [7, 11) is 0. The van der Waals surface area contributed by atoms with Crippen molar-refractivity contribution in [1.82, 2.24) is 15.5 Å². The van der Waals surface area contributed by atoms with E-state index in [1.807, 2.05) is 48.5 Å². The molecule has 0 spiro atoms. The largest absolute Gasteiger partial charge is 0.350 e. The lowest BCUT2D eigenvalue weighted by atomic mass is 9.99. The number of aromatic nitrogens is 2. The fraction of sp³-hybridized carbons (Fsp3) is 0.192. The number of hydrogen-bond donors (Lipinski definition) is 2. The van der Waals surface area contributed by atoms with Crippen LogP contribution in [0.4, 0.5) is 10.1 Å². The Morgan fingerprint density at radius 2 is 1.88 bits per heavy atom. The molecule has 0 radical (unpaired) electrons. The zero-order chi connectivity index (χ0) is 22.9. The van der Waals surface area contributed by atoms with E-state index in [1.165, 1.54) is 12.1 Å². The number of carbonyl (C=O) groups is 2. The average Bonchev–Trinajstić information content (AvgIpc) is 3.40. The predicted octanol–water partition coefficient (Wildman–Crippen LogP) is 4.74. The molecular formula is C26H23FN4O2. The Labute approximate surface area is 190 Å². The van der Waals surface area contributed by atoms with Gasteiger partial charge in [-0.3, -0.25) is 14.7 Å². The molecule has 1 aliphatic heterocycles. The first kappa shape index (κ1) is 20.9. The van der Waals surface area contributed by atoms with Crippen LogP contribution in [-0.4, -0.2) is 28.1 Å². The van der Waals surface area contributed by atoms with E-state index in [0.717, 1.165) is 33.4 Å². The third-order valence-corrected chi connectivity index (χ3v) is 6.07. The second kappa shape index (κ2) is 8.50. The van der Waals surface area contributed by atoms with Crippen molar-refractivity contribution in [2.24, 2.45) is 0 Å². The minimum atomic E-state index is -0.320. The van der Waals surface area contributed by atoms with E-state index in [1.54, 1.807) is 24.0 Å². The van der Waals surface area contributed by atoms with Gasteiger partial charge in [0.1, 0.15) is 5.82 Å². The number of amides is 2. The van der Waals surface area contributed by atoms with Gasteiger partial charge < -0.3 is 10.2 Å². The molecule has 1 aliphatic rings. The highest BCUT2D eigenvalue weighted by atomic mass is 19.1. The van der Waals surface area contributed by atoms with Crippen LogP contribution in [0.5, 0.6) is 0 Å². The smallest absolute Gasteiger partial charge is 0.229 e. The first-order chi connectivity index (χ1) is 16.0. The molecule has 1 aromatic heterocycles. The van der Waals surface area contributed by atoms with Crippen molar-refractivity contribution >= 4 is 28.4 Å². The second-order valence-corrected chi connectivity index (χ2v) is 8.16. The Morgan fingerprint density at radius 1 is 1.12 bits per heavy atom. The van der Waals surface area contributed by atoms with Gasteiger partial charge in [0.15, 0.2) is 0 Å². The molecule has 1 fully saturated rings. The third-order valence-electron chi connectivity index (χ3n) is 6.07. The molecule has 2 amide bonds. The fourth-order valence-electron chi connectivity index (χ4n) is 4.49. The third kappa shape index (κ3) is 3.86. The summed E-state index contributed by atoms with van der Waals surface area (Å²) in [5.74, 6) is -0.434. The zero-order valence-electron chi connectivity index (χ0n) is 18.1. The van der Waals surface area contributed by atoms with Crippen LogP contribution in [0, 0.1) is 5.82 Å². The SMILES string of the molecule is CCC(=O)N[C@@H]1CC(=O)N(c2ccc3c(-c4ccc(F)cc4)n[nH]c3c2)[C@H]1c1ccccc1. The number of rotatable bonds is 5. The van der Waals surface area contributed by atoms with E-state index in [4.69, 9.17) is 0 Å². The van der Waals surface area contributed by atoms with Gasteiger partial charge in [0.25, 0.3) is 0 Å². The van der Waals surface area contributed by atoms with Gasteiger partial charge in [-0.15, -0.1) is 0 Å². The monoisotopic (exact) mass is 442 g/mol. The van der Waals surface area contributed by atoms with Crippen LogP contribution in [0.15, 0.2) is 72.8 Å². The van der Waals surface area contributed by atoms with Gasteiger partial charge in [-0.25, -0.2) is 4.39 Å². The van der Waals surface area contributed by atoms with Gasteiger partial charge in [-0.1, -0.05) is 37.3 Å². The van der Waals surface area contributed by atoms with Crippen molar-refractivity contribution in [3.8, 4) is 11.3 Å². The van der Waals surface area contributed by atoms with Gasteiger partial charge in [0.2, 0.25) is 11.8 Å². The van der Waals surface area contributed by atoms with E-state index in [2.05, 4.69) is 15.5 Å². The molecule has 0 bridgehead atoms. The summed E-state index contributed by atoms with van der Waals surface area (Å²) >= 11 is 0. The van der Waals surface area contributed by atoms with Gasteiger partial charge in [0, 0.05) is 29.5 Å². The van der Waals surface area contributed by atoms with Gasteiger partial charge in [-0.05, 0) is 48.0 Å². The lowest BCUT2D eigenvalue weighted by Crippen LogP contribution is -2.39. The van der Waals surface area contributed by atoms with Gasteiger partial charge in [0.05, 0.1) is 23.3 Å². The first-order valence-electron chi connectivity index (χ1n) is 11.0. The van der Waals surface area contributed by atoms with Crippen LogP contribution in [0.25, 0.3) is 22.2 Å². The maximum absolute atomic E-state index is 13.3. The van der Waals surface area contributed by atoms with Crippen LogP contribution in [0.3, 0.4) is 0 Å². The number of carbonyl (C=O) groups excluding carboxylic acids is 2. The quantitative estimate of drug-likeness (QED) is 0.469. The summed E-state index contributed by atoms with van der Waals surface area (Å²) in [5, 5.41) is 11.4. The van der Waals surface area contributed by atoms with Gasteiger partial charge >= 0.3 is 0 Å². The average molecular weight is 442 g/mol. The molecule has 4 aromatic rings. The first-order valence-corrected chi connectivity index (χ1v) is 11.0. The van der Waals surface area contributed by atoms with Crippen molar-refractivity contribution in [2.75, 3.05) is 4.90 Å². The van der Waals surface area contributed by atoms with Crippen LogP contribution in [0.1, 0.15) is 31.4 Å². The van der Waals surface area contributed by atoms with E-state index in [-0.39, 0.29) is 36.1 Å². The Bertz CT molecular complexity index is 1320. The van der Waals surface area contributed by atoms with Crippen molar-refractivity contribution in [2.45, 2.75) is 31.8 Å². The molecule has 0 saturated carbocycles. The normalized spacial score (nSPS) is 18.1. The minimum absolute atomic E-state index is 0.0529. The molecule has 0 unspecified atom stereocenters. The van der Waals surface area contributed by atoms with E-state index < -0.39 is 0 Å². The maximum Gasteiger partial charge on any atom is 0.229 e. The second-order valence-electron chi connectivity index (χ2n) is 8.16. The summed E-state index contributed by atoms with van der Waals surface area (Å²) in [5.41, 5.74) is 3.98. The molecule has 2 N–H and O–H groups in total. The lowest BCUT2D eigenvalue weighted by Gasteiger charge is -2.29. The van der Waals surface area contributed by atoms with Crippen molar-refractivity contribution < 1.29 is 14.0 Å². The molecule has 1 saturated heterocycles. The standard InChI is InChI=1S/C26H23FN4O2/c1-2-23(32)28-22-15-24(33)31(26(22)17-6-4-3-5-7-17)19-12-13-20-21(14-19)29-30-25(20)16-8-10-18(27)11-9-16/h3-14,22,26H,2,15H2,1H3,(H,28,32)(H,29,30)/t22-,26+/m1/s1. The number of benzene rings is 3. The fourth-order valence-corrected chi connectivity index (χ4v) is 4.49. The summed E-state index contributed by atoms with van der Waals surface area (Å²) in [6, 6.07) is 21.0. The summed E-state index contributed by atoms with van der Waals surface area (Å²) in [4.78, 5) is 27.1. The van der Waals surface area contributed by atoms with E-state index in [9.17, 15) is 14.0 Å². The maximum atomic E-state index is 13.3. The molecule has 166 valence electrons. The van der Waals surface area contributed by atoms with Gasteiger partial charge in [-0.2, -0.15) is 5.10 Å².